The molecule has 0 heterocycles. The van der Waals surface area contributed by atoms with Crippen LogP contribution in [0.25, 0.3) is 0 Å². The van der Waals surface area contributed by atoms with Crippen LogP contribution in [0.3, 0.4) is 0 Å². The number of anilines is 1. The number of hydrogen-bond acceptors (Lipinski definition) is 3. The summed E-state index contributed by atoms with van der Waals surface area (Å²) in [6.45, 7) is 2.40. The maximum Gasteiger partial charge on any atom is 0.407 e. The molecule has 2 aromatic rings. The Balaban J connectivity index is 1.73. The van der Waals surface area contributed by atoms with Crippen molar-refractivity contribution in [1.82, 2.24) is 5.32 Å². The molecule has 0 aliphatic heterocycles. The van der Waals surface area contributed by atoms with Gasteiger partial charge in [0.25, 0.3) is 0 Å². The fraction of sp³-hybridized carbons (Fsp3) is 0.211. The zero-order chi connectivity index (χ0) is 17.4. The lowest BCUT2D eigenvalue weighted by Crippen LogP contribution is -2.24. The van der Waals surface area contributed by atoms with Crippen LogP contribution in [-0.4, -0.2) is 12.6 Å². The number of carbonyl (C=O) groups is 1. The SMILES string of the molecule is Cc1cc(N)c(F)cc1C#CCCNC(=O)OCc1ccccc1. The Bertz CT molecular complexity index is 764. The van der Waals surface area contributed by atoms with Gasteiger partial charge in [0.1, 0.15) is 12.4 Å². The van der Waals surface area contributed by atoms with Gasteiger partial charge >= 0.3 is 6.09 Å². The van der Waals surface area contributed by atoms with Gasteiger partial charge in [0.15, 0.2) is 0 Å². The molecule has 124 valence electrons. The number of nitrogen functional groups attached to an aromatic ring is 1. The third-order valence-corrected chi connectivity index (χ3v) is 3.30. The number of rotatable bonds is 4. The van der Waals surface area contributed by atoms with Crippen molar-refractivity contribution >= 4 is 11.8 Å². The molecule has 0 aliphatic rings. The van der Waals surface area contributed by atoms with E-state index >= 15 is 0 Å². The average Bonchev–Trinajstić information content (AvgIpc) is 2.58. The molecule has 1 amide bonds. The van der Waals surface area contributed by atoms with Crippen molar-refractivity contribution in [2.75, 3.05) is 12.3 Å². The van der Waals surface area contributed by atoms with Crippen LogP contribution in [0.15, 0.2) is 42.5 Å². The van der Waals surface area contributed by atoms with Crippen LogP contribution in [0, 0.1) is 24.6 Å². The highest BCUT2D eigenvalue weighted by Crippen LogP contribution is 2.16. The van der Waals surface area contributed by atoms with E-state index in [2.05, 4.69) is 17.2 Å². The number of hydrogen-bond donors (Lipinski definition) is 2. The Morgan fingerprint density at radius 1 is 1.29 bits per heavy atom. The third kappa shape index (κ3) is 5.33. The van der Waals surface area contributed by atoms with Crippen molar-refractivity contribution in [2.45, 2.75) is 20.0 Å². The highest BCUT2D eigenvalue weighted by atomic mass is 19.1. The molecule has 0 bridgehead atoms. The maximum atomic E-state index is 13.4. The first kappa shape index (κ1) is 17.4. The summed E-state index contributed by atoms with van der Waals surface area (Å²) in [5, 5.41) is 2.62. The molecule has 3 N–H and O–H groups in total. The summed E-state index contributed by atoms with van der Waals surface area (Å²) in [5.74, 6) is 5.29. The minimum absolute atomic E-state index is 0.112. The molecule has 0 aromatic heterocycles. The molecule has 0 fully saturated rings. The Kier molecular flexibility index (Phi) is 6.21. The summed E-state index contributed by atoms with van der Waals surface area (Å²) >= 11 is 0. The predicted molar refractivity (Wildman–Crippen MR) is 91.7 cm³/mol. The topological polar surface area (TPSA) is 64.3 Å². The summed E-state index contributed by atoms with van der Waals surface area (Å²) in [6.07, 6.45) is -0.0540. The van der Waals surface area contributed by atoms with E-state index in [1.54, 1.807) is 6.07 Å². The molecule has 0 radical (unpaired) electrons. The lowest BCUT2D eigenvalue weighted by Gasteiger charge is -2.05. The molecule has 2 aromatic carbocycles. The minimum atomic E-state index is -0.490. The molecule has 5 heteroatoms. The number of halogens is 1. The van der Waals surface area contributed by atoms with Gasteiger partial charge in [-0.2, -0.15) is 0 Å². The second kappa shape index (κ2) is 8.59. The number of carbonyl (C=O) groups excluding carboxylic acids is 1. The monoisotopic (exact) mass is 326 g/mol. The number of nitrogens with two attached hydrogens (primary N) is 1. The van der Waals surface area contributed by atoms with Gasteiger partial charge < -0.3 is 15.8 Å². The molecular weight excluding hydrogens is 307 g/mol. The molecule has 4 nitrogen and oxygen atoms in total. The van der Waals surface area contributed by atoms with E-state index in [0.29, 0.717) is 18.5 Å². The summed E-state index contributed by atoms with van der Waals surface area (Å²) in [6, 6.07) is 12.3. The average molecular weight is 326 g/mol. The lowest BCUT2D eigenvalue weighted by molar-refractivity contribution is 0.140. The van der Waals surface area contributed by atoms with E-state index in [9.17, 15) is 9.18 Å². The Morgan fingerprint density at radius 3 is 2.79 bits per heavy atom. The normalized spacial score (nSPS) is 9.75. The van der Waals surface area contributed by atoms with Crippen LogP contribution in [0.2, 0.25) is 0 Å². The van der Waals surface area contributed by atoms with Crippen molar-refractivity contribution in [3.8, 4) is 11.8 Å². The van der Waals surface area contributed by atoms with Crippen molar-refractivity contribution in [3.63, 3.8) is 0 Å². The predicted octanol–water partition coefficient (Wildman–Crippen LogP) is 3.38. The molecule has 0 unspecified atom stereocenters. The van der Waals surface area contributed by atoms with Crippen LogP contribution >= 0.6 is 0 Å². The van der Waals surface area contributed by atoms with E-state index in [4.69, 9.17) is 10.5 Å². The summed E-state index contributed by atoms with van der Waals surface area (Å²) in [5.41, 5.74) is 7.93. The van der Waals surface area contributed by atoms with Gasteiger partial charge in [-0.05, 0) is 30.2 Å². The fourth-order valence-electron chi connectivity index (χ4n) is 2.00. The number of nitrogens with one attached hydrogen (secondary N) is 1. The fourth-order valence-corrected chi connectivity index (χ4v) is 2.00. The Morgan fingerprint density at radius 2 is 2.04 bits per heavy atom. The number of aryl methyl sites for hydroxylation is 1. The smallest absolute Gasteiger partial charge is 0.407 e. The van der Waals surface area contributed by atoms with Gasteiger partial charge in [-0.25, -0.2) is 9.18 Å². The van der Waals surface area contributed by atoms with Crippen molar-refractivity contribution < 1.29 is 13.9 Å². The second-order valence-corrected chi connectivity index (χ2v) is 5.23. The van der Waals surface area contributed by atoms with Crippen LogP contribution in [0.1, 0.15) is 23.1 Å². The van der Waals surface area contributed by atoms with Crippen molar-refractivity contribution in [1.29, 1.82) is 0 Å². The molecule has 2 rings (SSSR count). The van der Waals surface area contributed by atoms with Crippen molar-refractivity contribution in [3.05, 3.63) is 65.0 Å². The van der Waals surface area contributed by atoms with E-state index in [1.165, 1.54) is 6.07 Å². The quantitative estimate of drug-likeness (QED) is 0.514. The first-order valence-electron chi connectivity index (χ1n) is 7.55. The zero-order valence-corrected chi connectivity index (χ0v) is 13.4. The van der Waals surface area contributed by atoms with Crippen LogP contribution in [0.4, 0.5) is 14.9 Å². The van der Waals surface area contributed by atoms with Gasteiger partial charge in [-0.15, -0.1) is 0 Å². The number of amides is 1. The maximum absolute atomic E-state index is 13.4. The highest BCUT2D eigenvalue weighted by molar-refractivity contribution is 5.67. The number of alkyl carbamates (subject to hydrolysis) is 1. The first-order valence-corrected chi connectivity index (χ1v) is 7.55. The van der Waals surface area contributed by atoms with Gasteiger partial charge in [0.05, 0.1) is 5.69 Å². The van der Waals surface area contributed by atoms with Gasteiger partial charge in [-0.3, -0.25) is 0 Å². The summed E-state index contributed by atoms with van der Waals surface area (Å²) in [7, 11) is 0. The number of ether oxygens (including phenoxy) is 1. The van der Waals surface area contributed by atoms with E-state index in [0.717, 1.165) is 11.1 Å². The molecule has 0 aliphatic carbocycles. The second-order valence-electron chi connectivity index (χ2n) is 5.23. The molecule has 24 heavy (non-hydrogen) atoms. The zero-order valence-electron chi connectivity index (χ0n) is 13.4. The van der Waals surface area contributed by atoms with Crippen molar-refractivity contribution in [2.24, 2.45) is 0 Å². The minimum Gasteiger partial charge on any atom is -0.445 e. The Labute approximate surface area is 140 Å². The molecule has 0 saturated heterocycles. The third-order valence-electron chi connectivity index (χ3n) is 3.30. The van der Waals surface area contributed by atoms with Gasteiger partial charge in [0.2, 0.25) is 0 Å². The first-order chi connectivity index (χ1) is 11.6. The number of benzene rings is 2. The molecule has 0 saturated carbocycles. The standard InChI is InChI=1S/C19H19FN2O2/c1-14-11-18(21)17(20)12-16(14)9-5-6-10-22-19(23)24-13-15-7-3-2-4-8-15/h2-4,7-8,11-12H,6,10,13,21H2,1H3,(H,22,23). The molecular formula is C19H19FN2O2. The van der Waals surface area contributed by atoms with Gasteiger partial charge in [0, 0.05) is 18.5 Å². The van der Waals surface area contributed by atoms with E-state index < -0.39 is 11.9 Å². The van der Waals surface area contributed by atoms with E-state index in [-0.39, 0.29) is 12.3 Å². The van der Waals surface area contributed by atoms with Crippen LogP contribution in [-0.2, 0) is 11.3 Å². The van der Waals surface area contributed by atoms with Gasteiger partial charge in [-0.1, -0.05) is 42.2 Å². The van der Waals surface area contributed by atoms with Crippen LogP contribution < -0.4 is 11.1 Å². The molecule has 0 atom stereocenters. The van der Waals surface area contributed by atoms with E-state index in [1.807, 2.05) is 37.3 Å². The largest absolute Gasteiger partial charge is 0.445 e. The summed E-state index contributed by atoms with van der Waals surface area (Å²) < 4.78 is 18.5. The Hall–Kier alpha value is -3.00. The lowest BCUT2D eigenvalue weighted by atomic mass is 10.1. The molecule has 0 spiro atoms. The van der Waals surface area contributed by atoms with Crippen LogP contribution in [0.5, 0.6) is 0 Å². The summed E-state index contributed by atoms with van der Waals surface area (Å²) in [4.78, 5) is 11.5. The highest BCUT2D eigenvalue weighted by Gasteiger charge is 2.03.